The molecule has 0 atom stereocenters. The highest BCUT2D eigenvalue weighted by molar-refractivity contribution is 6.31. The van der Waals surface area contributed by atoms with Gasteiger partial charge in [-0.3, -0.25) is 9.59 Å². The first kappa shape index (κ1) is 14.5. The standard InChI is InChI=1S/C19H19NO2/c1-9-6-7-10(2)14-13(9)18(21)15-11(3)8-12(4)17(20-5)16(15)19(14)22/h6-8,20H,1-5H3. The molecule has 0 bridgehead atoms. The molecule has 0 aliphatic heterocycles. The van der Waals surface area contributed by atoms with Crippen molar-refractivity contribution in [3.05, 3.63) is 62.7 Å². The summed E-state index contributed by atoms with van der Waals surface area (Å²) in [7, 11) is 1.79. The normalized spacial score (nSPS) is 13.0. The lowest BCUT2D eigenvalue weighted by atomic mass is 9.77. The first-order valence-electron chi connectivity index (χ1n) is 7.40. The van der Waals surface area contributed by atoms with Gasteiger partial charge in [-0.25, -0.2) is 0 Å². The maximum absolute atomic E-state index is 13.1. The van der Waals surface area contributed by atoms with Gasteiger partial charge in [0.05, 0.1) is 5.56 Å². The molecule has 1 aliphatic rings. The van der Waals surface area contributed by atoms with Crippen LogP contribution in [0.1, 0.15) is 54.1 Å². The number of hydrogen-bond donors (Lipinski definition) is 1. The third-order valence-corrected chi connectivity index (χ3v) is 4.50. The molecule has 3 rings (SSSR count). The summed E-state index contributed by atoms with van der Waals surface area (Å²) in [4.78, 5) is 26.2. The van der Waals surface area contributed by atoms with Crippen LogP contribution in [0.5, 0.6) is 0 Å². The molecule has 2 aromatic carbocycles. The van der Waals surface area contributed by atoms with Crippen molar-refractivity contribution in [3.8, 4) is 0 Å². The van der Waals surface area contributed by atoms with E-state index in [1.54, 1.807) is 7.05 Å². The van der Waals surface area contributed by atoms with Gasteiger partial charge in [0.15, 0.2) is 11.6 Å². The van der Waals surface area contributed by atoms with E-state index >= 15 is 0 Å². The van der Waals surface area contributed by atoms with E-state index in [2.05, 4.69) is 5.32 Å². The second-order valence-corrected chi connectivity index (χ2v) is 5.99. The third-order valence-electron chi connectivity index (χ3n) is 4.50. The van der Waals surface area contributed by atoms with Crippen molar-refractivity contribution < 1.29 is 9.59 Å². The maximum atomic E-state index is 13.1. The molecule has 0 unspecified atom stereocenters. The Kier molecular flexibility index (Phi) is 3.17. The Morgan fingerprint density at radius 3 is 1.64 bits per heavy atom. The first-order valence-corrected chi connectivity index (χ1v) is 7.40. The molecule has 3 nitrogen and oxygen atoms in total. The average molecular weight is 293 g/mol. The zero-order chi connectivity index (χ0) is 16.2. The molecule has 1 N–H and O–H groups in total. The largest absolute Gasteiger partial charge is 0.387 e. The van der Waals surface area contributed by atoms with Gasteiger partial charge in [-0.05, 0) is 49.9 Å². The average Bonchev–Trinajstić information content (AvgIpc) is 2.46. The van der Waals surface area contributed by atoms with Crippen molar-refractivity contribution in [1.29, 1.82) is 0 Å². The second-order valence-electron chi connectivity index (χ2n) is 5.99. The first-order chi connectivity index (χ1) is 10.4. The molecule has 0 saturated heterocycles. The zero-order valence-corrected chi connectivity index (χ0v) is 13.5. The molecule has 1 aliphatic carbocycles. The highest BCUT2D eigenvalue weighted by atomic mass is 16.1. The van der Waals surface area contributed by atoms with E-state index in [1.807, 2.05) is 45.9 Å². The van der Waals surface area contributed by atoms with Crippen molar-refractivity contribution >= 4 is 17.3 Å². The number of fused-ring (bicyclic) bond motifs is 2. The van der Waals surface area contributed by atoms with Crippen LogP contribution in [-0.2, 0) is 0 Å². The minimum atomic E-state index is -0.0537. The molecule has 0 spiro atoms. The third kappa shape index (κ3) is 1.75. The molecule has 3 heteroatoms. The van der Waals surface area contributed by atoms with Crippen LogP contribution in [0.25, 0.3) is 0 Å². The van der Waals surface area contributed by atoms with Gasteiger partial charge in [0.25, 0.3) is 0 Å². The van der Waals surface area contributed by atoms with E-state index < -0.39 is 0 Å². The Hall–Kier alpha value is -2.42. The molecule has 0 heterocycles. The number of rotatable bonds is 1. The van der Waals surface area contributed by atoms with Crippen LogP contribution in [0.2, 0.25) is 0 Å². The van der Waals surface area contributed by atoms with Gasteiger partial charge in [-0.2, -0.15) is 0 Å². The van der Waals surface area contributed by atoms with E-state index in [0.29, 0.717) is 22.3 Å². The van der Waals surface area contributed by atoms with Gasteiger partial charge in [0.2, 0.25) is 0 Å². The Labute approximate surface area is 130 Å². The summed E-state index contributed by atoms with van der Waals surface area (Å²) < 4.78 is 0. The lowest BCUT2D eigenvalue weighted by molar-refractivity contribution is 0.0978. The molecule has 0 radical (unpaired) electrons. The van der Waals surface area contributed by atoms with Crippen LogP contribution in [0.4, 0.5) is 5.69 Å². The van der Waals surface area contributed by atoms with E-state index in [1.165, 1.54) is 0 Å². The Morgan fingerprint density at radius 2 is 1.14 bits per heavy atom. The molecule has 0 amide bonds. The summed E-state index contributed by atoms with van der Waals surface area (Å²) in [5, 5.41) is 3.09. The number of carbonyl (C=O) groups excluding carboxylic acids is 2. The summed E-state index contributed by atoms with van der Waals surface area (Å²) in [6.45, 7) is 7.62. The van der Waals surface area contributed by atoms with Crippen LogP contribution in [0.3, 0.4) is 0 Å². The fourth-order valence-corrected chi connectivity index (χ4v) is 3.48. The number of nitrogens with one attached hydrogen (secondary N) is 1. The van der Waals surface area contributed by atoms with Crippen molar-refractivity contribution in [2.75, 3.05) is 12.4 Å². The summed E-state index contributed by atoms with van der Waals surface area (Å²) in [6.07, 6.45) is 0. The Bertz CT molecular complexity index is 847. The topological polar surface area (TPSA) is 46.2 Å². The quantitative estimate of drug-likeness (QED) is 0.743. The summed E-state index contributed by atoms with van der Waals surface area (Å²) in [5.41, 5.74) is 6.48. The number of carbonyl (C=O) groups is 2. The minimum absolute atomic E-state index is 0.0419. The van der Waals surface area contributed by atoms with Gasteiger partial charge in [0.1, 0.15) is 0 Å². The number of anilines is 1. The fraction of sp³-hybridized carbons (Fsp3) is 0.263. The van der Waals surface area contributed by atoms with Gasteiger partial charge in [0, 0.05) is 29.4 Å². The lowest BCUT2D eigenvalue weighted by Gasteiger charge is -2.25. The van der Waals surface area contributed by atoms with Gasteiger partial charge < -0.3 is 5.32 Å². The summed E-state index contributed by atoms with van der Waals surface area (Å²) in [6, 6.07) is 5.78. The van der Waals surface area contributed by atoms with Gasteiger partial charge in [-0.1, -0.05) is 18.2 Å². The van der Waals surface area contributed by atoms with Gasteiger partial charge in [-0.15, -0.1) is 0 Å². The summed E-state index contributed by atoms with van der Waals surface area (Å²) >= 11 is 0. The SMILES string of the molecule is CNc1c(C)cc(C)c2c1C(=O)c1c(C)ccc(C)c1C2=O. The molecule has 0 saturated carbocycles. The number of ketones is 2. The Balaban J connectivity index is 2.47. The van der Waals surface area contributed by atoms with Crippen molar-refractivity contribution in [2.24, 2.45) is 0 Å². The second kappa shape index (κ2) is 4.80. The number of aryl methyl sites for hydroxylation is 4. The predicted octanol–water partition coefficient (Wildman–Crippen LogP) is 3.74. The molecular weight excluding hydrogens is 274 g/mol. The number of hydrogen-bond acceptors (Lipinski definition) is 3. The van der Waals surface area contributed by atoms with Crippen LogP contribution in [0, 0.1) is 27.7 Å². The molecule has 112 valence electrons. The maximum Gasteiger partial charge on any atom is 0.196 e. The zero-order valence-electron chi connectivity index (χ0n) is 13.5. The molecule has 0 aromatic heterocycles. The van der Waals surface area contributed by atoms with E-state index in [-0.39, 0.29) is 11.6 Å². The van der Waals surface area contributed by atoms with Crippen molar-refractivity contribution in [2.45, 2.75) is 27.7 Å². The van der Waals surface area contributed by atoms with E-state index in [0.717, 1.165) is 27.9 Å². The monoisotopic (exact) mass is 293 g/mol. The molecular formula is C19H19NO2. The smallest absolute Gasteiger partial charge is 0.196 e. The van der Waals surface area contributed by atoms with Crippen molar-refractivity contribution in [3.63, 3.8) is 0 Å². The molecule has 0 fully saturated rings. The predicted molar refractivity (Wildman–Crippen MR) is 88.2 cm³/mol. The lowest BCUT2D eigenvalue weighted by Crippen LogP contribution is -2.26. The van der Waals surface area contributed by atoms with Crippen LogP contribution in [-0.4, -0.2) is 18.6 Å². The fourth-order valence-electron chi connectivity index (χ4n) is 3.48. The van der Waals surface area contributed by atoms with Crippen LogP contribution < -0.4 is 5.32 Å². The minimum Gasteiger partial charge on any atom is -0.387 e. The van der Waals surface area contributed by atoms with Gasteiger partial charge >= 0.3 is 0 Å². The molecule has 2 aromatic rings. The Morgan fingerprint density at radius 1 is 0.682 bits per heavy atom. The van der Waals surface area contributed by atoms with Crippen LogP contribution in [0.15, 0.2) is 18.2 Å². The van der Waals surface area contributed by atoms with E-state index in [4.69, 9.17) is 0 Å². The highest BCUT2D eigenvalue weighted by Crippen LogP contribution is 2.38. The van der Waals surface area contributed by atoms with Crippen LogP contribution >= 0.6 is 0 Å². The molecule has 22 heavy (non-hydrogen) atoms. The summed E-state index contributed by atoms with van der Waals surface area (Å²) in [5.74, 6) is -0.0956. The number of benzene rings is 2. The van der Waals surface area contributed by atoms with E-state index in [9.17, 15) is 9.59 Å². The van der Waals surface area contributed by atoms with Crippen molar-refractivity contribution in [1.82, 2.24) is 0 Å². The highest BCUT2D eigenvalue weighted by Gasteiger charge is 2.35.